The van der Waals surface area contributed by atoms with E-state index >= 15 is 0 Å². The molecule has 0 fully saturated rings. The van der Waals surface area contributed by atoms with Crippen molar-refractivity contribution in [3.63, 3.8) is 0 Å². The molecule has 0 bridgehead atoms. The molecule has 0 heterocycles. The van der Waals surface area contributed by atoms with Crippen molar-refractivity contribution in [3.8, 4) is 28.7 Å². The van der Waals surface area contributed by atoms with Gasteiger partial charge in [-0.2, -0.15) is 0 Å². The van der Waals surface area contributed by atoms with E-state index in [1.807, 2.05) is 0 Å². The van der Waals surface area contributed by atoms with Crippen molar-refractivity contribution in [3.05, 3.63) is 138 Å². The zero-order valence-corrected chi connectivity index (χ0v) is 27.7. The summed E-state index contributed by atoms with van der Waals surface area (Å²) in [6, 6.07) is 13.4. The molecule has 0 unspecified atom stereocenters. The molecule has 0 atom stereocenters. The molecule has 3 rings (SSSR count). The second kappa shape index (κ2) is 19.1. The first-order valence-corrected chi connectivity index (χ1v) is 15.3. The van der Waals surface area contributed by atoms with Crippen LogP contribution >= 0.6 is 0 Å². The summed E-state index contributed by atoms with van der Waals surface area (Å²) in [4.78, 5) is 48.4. The van der Waals surface area contributed by atoms with Gasteiger partial charge in [0.25, 0.3) is 0 Å². The SMILES string of the molecule is C=CC(=O)OCc1ccc(C#Cc2c(CCF)c(CCF)c(-c3ccc(COC(=O)C=C)cc3)c(COC(=O)C(=C)C)c2OC(=O)C=C)cc1. The number of hydrogen-bond donors (Lipinski definition) is 0. The van der Waals surface area contributed by atoms with E-state index in [2.05, 4.69) is 38.2 Å². The minimum atomic E-state index is -0.867. The Hall–Kier alpha value is -6.08. The van der Waals surface area contributed by atoms with Gasteiger partial charge in [0.05, 0.1) is 18.9 Å². The highest BCUT2D eigenvalue weighted by atomic mass is 19.1. The van der Waals surface area contributed by atoms with Crippen molar-refractivity contribution < 1.29 is 46.9 Å². The fourth-order valence-corrected chi connectivity index (χ4v) is 4.77. The lowest BCUT2D eigenvalue weighted by molar-refractivity contribution is -0.140. The third kappa shape index (κ3) is 10.5. The maximum absolute atomic E-state index is 14.3. The topological polar surface area (TPSA) is 105 Å². The van der Waals surface area contributed by atoms with Gasteiger partial charge in [-0.05, 0) is 52.4 Å². The van der Waals surface area contributed by atoms with Crippen LogP contribution in [0.15, 0.2) is 98.6 Å². The van der Waals surface area contributed by atoms with Gasteiger partial charge in [-0.15, -0.1) is 0 Å². The second-order valence-corrected chi connectivity index (χ2v) is 10.6. The lowest BCUT2D eigenvalue weighted by Gasteiger charge is -2.24. The minimum absolute atomic E-state index is 0.0160. The molecule has 50 heavy (non-hydrogen) atoms. The van der Waals surface area contributed by atoms with Crippen LogP contribution in [-0.2, 0) is 66.1 Å². The molecule has 3 aromatic rings. The summed E-state index contributed by atoms with van der Waals surface area (Å²) in [6.45, 7) is 13.1. The molecule has 0 spiro atoms. The number of rotatable bonds is 16. The molecule has 0 saturated heterocycles. The van der Waals surface area contributed by atoms with Crippen LogP contribution in [0, 0.1) is 11.8 Å². The van der Waals surface area contributed by atoms with E-state index in [1.165, 1.54) is 6.92 Å². The quantitative estimate of drug-likeness (QED) is 0.0526. The van der Waals surface area contributed by atoms with E-state index in [1.54, 1.807) is 48.5 Å². The lowest BCUT2D eigenvalue weighted by Crippen LogP contribution is -2.15. The van der Waals surface area contributed by atoms with E-state index in [-0.39, 0.29) is 48.5 Å². The molecular weight excluding hydrogens is 646 g/mol. The Morgan fingerprint density at radius 1 is 0.680 bits per heavy atom. The predicted octanol–water partition coefficient (Wildman–Crippen LogP) is 6.95. The molecule has 0 aliphatic rings. The molecule has 0 aliphatic carbocycles. The summed E-state index contributed by atoms with van der Waals surface area (Å²) in [5.41, 5.74) is 3.73. The first-order valence-electron chi connectivity index (χ1n) is 15.3. The number of ether oxygens (including phenoxy) is 4. The van der Waals surface area contributed by atoms with E-state index in [9.17, 15) is 28.0 Å². The van der Waals surface area contributed by atoms with Gasteiger partial charge >= 0.3 is 23.9 Å². The van der Waals surface area contributed by atoms with Crippen LogP contribution in [0.2, 0.25) is 0 Å². The number of halogens is 2. The first-order chi connectivity index (χ1) is 24.1. The summed E-state index contributed by atoms with van der Waals surface area (Å²) in [5, 5.41) is 0. The van der Waals surface area contributed by atoms with Crippen molar-refractivity contribution >= 4 is 23.9 Å². The van der Waals surface area contributed by atoms with Gasteiger partial charge < -0.3 is 18.9 Å². The zero-order chi connectivity index (χ0) is 36.6. The minimum Gasteiger partial charge on any atom is -0.458 e. The van der Waals surface area contributed by atoms with Gasteiger partial charge in [-0.1, -0.05) is 74.6 Å². The standard InChI is InChI=1S/C40H36F2O8/c1-6-35(43)47-23-28-11-9-27(10-12-28)15-18-33-31(19-21-41)32(20-22-42)38(30-16-13-29(14-17-30)24-48-36(44)7-2)34(25-49-40(46)26(4)5)39(33)50-37(45)8-3/h6-14,16-17H,1-4,19-25H2,5H3. The van der Waals surface area contributed by atoms with Gasteiger partial charge in [0.1, 0.15) is 19.8 Å². The molecular formula is C40H36F2O8. The van der Waals surface area contributed by atoms with Gasteiger partial charge in [-0.25, -0.2) is 19.2 Å². The van der Waals surface area contributed by atoms with Gasteiger partial charge in [0.15, 0.2) is 5.75 Å². The van der Waals surface area contributed by atoms with E-state index in [0.717, 1.165) is 18.2 Å². The van der Waals surface area contributed by atoms with Crippen molar-refractivity contribution in [1.82, 2.24) is 0 Å². The molecule has 0 amide bonds. The van der Waals surface area contributed by atoms with Crippen LogP contribution < -0.4 is 4.74 Å². The third-order valence-electron chi connectivity index (χ3n) is 7.15. The molecule has 10 heteroatoms. The van der Waals surface area contributed by atoms with E-state index in [0.29, 0.717) is 38.9 Å². The molecule has 0 aromatic heterocycles. The van der Waals surface area contributed by atoms with Crippen LogP contribution in [0.3, 0.4) is 0 Å². The summed E-state index contributed by atoms with van der Waals surface area (Å²) in [5.74, 6) is 3.10. The average Bonchev–Trinajstić information content (AvgIpc) is 3.13. The molecule has 0 N–H and O–H groups in total. The largest absolute Gasteiger partial charge is 0.458 e. The number of carbonyl (C=O) groups excluding carboxylic acids is 4. The molecule has 0 aliphatic heterocycles. The molecule has 0 saturated carbocycles. The van der Waals surface area contributed by atoms with Gasteiger partial charge in [0.2, 0.25) is 0 Å². The Bertz CT molecular complexity index is 1850. The predicted molar refractivity (Wildman–Crippen MR) is 184 cm³/mol. The third-order valence-corrected chi connectivity index (χ3v) is 7.15. The Morgan fingerprint density at radius 2 is 1.20 bits per heavy atom. The van der Waals surface area contributed by atoms with Gasteiger partial charge in [-0.3, -0.25) is 8.78 Å². The van der Waals surface area contributed by atoms with Crippen molar-refractivity contribution in [2.24, 2.45) is 0 Å². The van der Waals surface area contributed by atoms with Crippen molar-refractivity contribution in [2.45, 2.75) is 39.6 Å². The Labute approximate surface area is 289 Å². The van der Waals surface area contributed by atoms with Crippen molar-refractivity contribution in [2.75, 3.05) is 13.3 Å². The second-order valence-electron chi connectivity index (χ2n) is 10.6. The van der Waals surface area contributed by atoms with Crippen LogP contribution in [0.5, 0.6) is 5.75 Å². The average molecular weight is 683 g/mol. The number of carbonyl (C=O) groups is 4. The summed E-state index contributed by atoms with van der Waals surface area (Å²) in [6.07, 6.45) is 2.65. The summed E-state index contributed by atoms with van der Waals surface area (Å²) in [7, 11) is 0. The maximum atomic E-state index is 14.3. The Morgan fingerprint density at radius 3 is 1.70 bits per heavy atom. The van der Waals surface area contributed by atoms with Crippen molar-refractivity contribution in [1.29, 1.82) is 0 Å². The van der Waals surface area contributed by atoms with Crippen LogP contribution in [-0.4, -0.2) is 37.2 Å². The molecule has 258 valence electrons. The first kappa shape index (κ1) is 38.4. The lowest BCUT2D eigenvalue weighted by atomic mass is 9.84. The summed E-state index contributed by atoms with van der Waals surface area (Å²) < 4.78 is 50.1. The van der Waals surface area contributed by atoms with Crippen LogP contribution in [0.25, 0.3) is 11.1 Å². The molecule has 3 aromatic carbocycles. The number of esters is 4. The highest BCUT2D eigenvalue weighted by molar-refractivity contribution is 5.89. The fraction of sp³-hybridized carbons (Fsp3) is 0.200. The highest BCUT2D eigenvalue weighted by Gasteiger charge is 2.27. The molecule has 0 radical (unpaired) electrons. The van der Waals surface area contributed by atoms with Gasteiger partial charge in [0, 0.05) is 47.8 Å². The number of alkyl halides is 2. The zero-order valence-electron chi connectivity index (χ0n) is 27.7. The fourth-order valence-electron chi connectivity index (χ4n) is 4.77. The Balaban J connectivity index is 2.33. The smallest absolute Gasteiger partial charge is 0.335 e. The van der Waals surface area contributed by atoms with E-state index in [4.69, 9.17) is 18.9 Å². The maximum Gasteiger partial charge on any atom is 0.335 e. The number of benzene rings is 3. The van der Waals surface area contributed by atoms with E-state index < -0.39 is 43.8 Å². The van der Waals surface area contributed by atoms with Crippen LogP contribution in [0.4, 0.5) is 8.78 Å². The summed E-state index contributed by atoms with van der Waals surface area (Å²) >= 11 is 0. The number of hydrogen-bond acceptors (Lipinski definition) is 8. The monoisotopic (exact) mass is 682 g/mol. The Kier molecular flexibility index (Phi) is 14.6. The van der Waals surface area contributed by atoms with Crippen LogP contribution in [0.1, 0.15) is 45.9 Å². The molecule has 8 nitrogen and oxygen atoms in total. The normalized spacial score (nSPS) is 10.1. The highest BCUT2D eigenvalue weighted by Crippen LogP contribution is 2.42.